The van der Waals surface area contributed by atoms with Crippen LogP contribution in [0.2, 0.25) is 0 Å². The molecule has 46 nitrogen and oxygen atoms in total. The fourth-order valence-electron chi connectivity index (χ4n) is 11.7. The van der Waals surface area contributed by atoms with E-state index in [0.717, 1.165) is 0 Å². The van der Waals surface area contributed by atoms with Crippen molar-refractivity contribution in [1.29, 1.82) is 0 Å². The van der Waals surface area contributed by atoms with Crippen molar-refractivity contribution in [2.75, 3.05) is 288 Å². The SMILES string of the molecule is CC(C)(C)OC(=O)NCCN(CCC(=O)NCCN(CCC(=O)NCCN(CCC(=O)NCCN)CCC(=O)NCCN)CCC(=O)NCCN(CCC(=O)NCCN)CCC(=O)NCCN)CCC(=O)NCCN(CCC(=O)NCCN(CCC(=O)NCCN)CCC(=O)NCCN)CCC(=O)NCCN(CCC(=O)NCCN)CCC(=O)NCCN. The molecule has 0 aliphatic rings. The Balaban J connectivity index is 6.64. The molecular weight excluding hydrogens is 1600 g/mol. The molecule has 0 aliphatic heterocycles. The lowest BCUT2D eigenvalue weighted by Gasteiger charge is -2.25. The van der Waals surface area contributed by atoms with E-state index in [0.29, 0.717) is 131 Å². The normalized spacial score (nSPS) is 11.3. The molecular formula is C77H156N30O16. The Bertz CT molecular complexity index is 2570. The van der Waals surface area contributed by atoms with Crippen LogP contribution in [0.25, 0.3) is 0 Å². The van der Waals surface area contributed by atoms with Gasteiger partial charge in [0.25, 0.3) is 0 Å². The van der Waals surface area contributed by atoms with Crippen LogP contribution in [0.1, 0.15) is 111 Å². The van der Waals surface area contributed by atoms with Gasteiger partial charge in [-0.05, 0) is 20.8 Å². The van der Waals surface area contributed by atoms with Gasteiger partial charge in [-0.15, -0.1) is 0 Å². The van der Waals surface area contributed by atoms with Crippen LogP contribution < -0.4 is 126 Å². The van der Waals surface area contributed by atoms with E-state index in [1.165, 1.54) is 0 Å². The smallest absolute Gasteiger partial charge is 0.407 e. The lowest BCUT2D eigenvalue weighted by atomic mass is 10.2. The number of amides is 15. The molecule has 46 heteroatoms. The van der Waals surface area contributed by atoms with Crippen molar-refractivity contribution in [3.05, 3.63) is 0 Å². The molecule has 15 amide bonds. The number of ether oxygens (including phenoxy) is 1. The molecule has 0 fully saturated rings. The Morgan fingerprint density at radius 1 is 0.179 bits per heavy atom. The third kappa shape index (κ3) is 71.3. The first-order valence-electron chi connectivity index (χ1n) is 43.4. The third-order valence-corrected chi connectivity index (χ3v) is 18.5. The highest BCUT2D eigenvalue weighted by Crippen LogP contribution is 2.08. The van der Waals surface area contributed by atoms with Crippen LogP contribution in [-0.4, -0.2) is 417 Å². The average molecular weight is 1760 g/mol. The van der Waals surface area contributed by atoms with Gasteiger partial charge in [0.1, 0.15) is 5.60 Å². The van der Waals surface area contributed by atoms with E-state index in [2.05, 4.69) is 79.8 Å². The summed E-state index contributed by atoms with van der Waals surface area (Å²) in [6.45, 7) is 16.1. The molecule has 0 aliphatic carbocycles. The number of carbonyl (C=O) groups excluding carboxylic acids is 15. The summed E-state index contributed by atoms with van der Waals surface area (Å²) in [5.41, 5.74) is 43.7. The lowest BCUT2D eigenvalue weighted by molar-refractivity contribution is -0.123. The van der Waals surface area contributed by atoms with Crippen molar-refractivity contribution < 1.29 is 76.7 Å². The first-order valence-corrected chi connectivity index (χ1v) is 43.4. The number of carbonyl (C=O) groups is 15. The largest absolute Gasteiger partial charge is 0.444 e. The van der Waals surface area contributed by atoms with E-state index in [-0.39, 0.29) is 330 Å². The van der Waals surface area contributed by atoms with Crippen molar-refractivity contribution >= 4 is 88.8 Å². The highest BCUT2D eigenvalue weighted by Gasteiger charge is 2.22. The summed E-state index contributed by atoms with van der Waals surface area (Å²) in [6.07, 6.45) is 0.316. The van der Waals surface area contributed by atoms with Crippen molar-refractivity contribution in [3.8, 4) is 0 Å². The molecule has 0 spiro atoms. The van der Waals surface area contributed by atoms with Gasteiger partial charge in [-0.25, -0.2) is 4.79 Å². The van der Waals surface area contributed by atoms with Crippen LogP contribution in [0.4, 0.5) is 4.79 Å². The predicted octanol–water partition coefficient (Wildman–Crippen LogP) is -11.6. The molecule has 0 heterocycles. The number of alkyl carbamates (subject to hydrolysis) is 1. The summed E-state index contributed by atoms with van der Waals surface area (Å²) >= 11 is 0. The van der Waals surface area contributed by atoms with Crippen molar-refractivity contribution in [3.63, 3.8) is 0 Å². The van der Waals surface area contributed by atoms with Crippen molar-refractivity contribution in [1.82, 2.24) is 114 Å². The lowest BCUT2D eigenvalue weighted by Crippen LogP contribution is -2.43. The molecule has 0 aromatic heterocycles. The van der Waals surface area contributed by atoms with Gasteiger partial charge >= 0.3 is 6.09 Å². The zero-order chi connectivity index (χ0) is 91.5. The van der Waals surface area contributed by atoms with Gasteiger partial charge in [0.15, 0.2) is 0 Å². The van der Waals surface area contributed by atoms with Gasteiger partial charge in [0.05, 0.1) is 0 Å². The van der Waals surface area contributed by atoms with E-state index in [1.807, 2.05) is 34.3 Å². The van der Waals surface area contributed by atoms with Crippen molar-refractivity contribution in [2.24, 2.45) is 45.9 Å². The molecule has 0 atom stereocenters. The number of rotatable bonds is 79. The van der Waals surface area contributed by atoms with Gasteiger partial charge in [0.2, 0.25) is 82.7 Å². The predicted molar refractivity (Wildman–Crippen MR) is 469 cm³/mol. The van der Waals surface area contributed by atoms with E-state index in [4.69, 9.17) is 50.6 Å². The minimum Gasteiger partial charge on any atom is -0.444 e. The summed E-state index contributed by atoms with van der Waals surface area (Å²) < 4.78 is 5.45. The maximum Gasteiger partial charge on any atom is 0.407 e. The average Bonchev–Trinajstić information content (AvgIpc) is 0.945. The van der Waals surface area contributed by atoms with E-state index < -0.39 is 11.7 Å². The highest BCUT2D eigenvalue weighted by molar-refractivity contribution is 5.81. The minimum atomic E-state index is -0.793. The molecule has 31 N–H and O–H groups in total. The topological polar surface area (TPSA) is 677 Å². The molecule has 0 saturated heterocycles. The van der Waals surface area contributed by atoms with Gasteiger partial charge in [0, 0.05) is 378 Å². The maximum absolute atomic E-state index is 13.8. The van der Waals surface area contributed by atoms with Crippen LogP contribution in [0.15, 0.2) is 0 Å². The number of nitrogens with two attached hydrogens (primary N) is 8. The van der Waals surface area contributed by atoms with Gasteiger partial charge < -0.3 is 165 Å². The van der Waals surface area contributed by atoms with Crippen LogP contribution in [0.3, 0.4) is 0 Å². The quantitative estimate of drug-likeness (QED) is 0.0269. The van der Waals surface area contributed by atoms with E-state index in [1.54, 1.807) is 20.8 Å². The number of hydrogen-bond donors (Lipinski definition) is 23. The van der Waals surface area contributed by atoms with Crippen LogP contribution in [0.5, 0.6) is 0 Å². The summed E-state index contributed by atoms with van der Waals surface area (Å²) in [5.74, 6) is -3.68. The maximum atomic E-state index is 13.8. The third-order valence-electron chi connectivity index (χ3n) is 18.5. The Labute approximate surface area is 726 Å². The molecule has 123 heavy (non-hydrogen) atoms. The first-order chi connectivity index (χ1) is 59.0. The molecule has 0 rings (SSSR count). The van der Waals surface area contributed by atoms with Gasteiger partial charge in [-0.3, -0.25) is 67.1 Å². The zero-order valence-electron chi connectivity index (χ0n) is 73.8. The molecule has 0 unspecified atom stereocenters. The van der Waals surface area contributed by atoms with Crippen LogP contribution >= 0.6 is 0 Å². The molecule has 0 bridgehead atoms. The fraction of sp³-hybridized carbons (Fsp3) is 0.805. The Kier molecular flexibility index (Phi) is 70.4. The van der Waals surface area contributed by atoms with Gasteiger partial charge in [-0.2, -0.15) is 0 Å². The van der Waals surface area contributed by atoms with Crippen molar-refractivity contribution in [2.45, 2.75) is 116 Å². The van der Waals surface area contributed by atoms with E-state index >= 15 is 0 Å². The summed E-state index contributed by atoms with van der Waals surface area (Å²) in [6, 6.07) is 0. The fourth-order valence-corrected chi connectivity index (χ4v) is 11.7. The molecule has 0 aromatic carbocycles. The summed E-state index contributed by atoms with van der Waals surface area (Å²) in [7, 11) is 0. The number of nitrogens with one attached hydrogen (secondary N) is 15. The molecule has 0 aromatic rings. The molecule has 710 valence electrons. The monoisotopic (exact) mass is 1760 g/mol. The molecule has 0 radical (unpaired) electrons. The standard InChI is InChI=1S/C77H156N30O16/c1-77(2,3)123-76(122)100-40-61-107(53-16-74(120)98-38-59-105(49-12-70(116)94-34-55-101(41-4-62(108)86-26-18-78)42-5-63(109)87-27-19-79)50-13-71(117)95-35-56-102(43-6-64(110)88-28-20-80)44-7-65(111)89-29-21-81)54-17-75(121)99-39-60-106(51-14-72(118)96-36-57-103(45-8-66(112)90-30-22-82)46-9-67(113)91-31-23-83)52-15-73(119)97-37-58-104(47-10-68(114)92-32-24-84)48-11-69(115)93-33-25-85/h4-61,78-85H2,1-3H3,(H,86,108)(H,87,109)(H,88,110)(H,89,111)(H,90,112)(H,91,113)(H,92,114)(H,93,115)(H,94,116)(H,95,117)(H,96,118)(H,97,119)(H,98,120)(H,99,121)(H,100,122). The molecule has 0 saturated carbocycles. The second kappa shape index (κ2) is 75.8. The summed E-state index contributed by atoms with van der Waals surface area (Å²) in [4.78, 5) is 207. The minimum absolute atomic E-state index is 0.00376. The van der Waals surface area contributed by atoms with Crippen LogP contribution in [0, 0.1) is 0 Å². The second-order valence-electron chi connectivity index (χ2n) is 30.0. The Morgan fingerprint density at radius 2 is 0.285 bits per heavy atom. The highest BCUT2D eigenvalue weighted by atomic mass is 16.6. The summed E-state index contributed by atoms with van der Waals surface area (Å²) in [5, 5.41) is 42.1. The number of hydrogen-bond acceptors (Lipinski definition) is 31. The van der Waals surface area contributed by atoms with Gasteiger partial charge in [-0.1, -0.05) is 0 Å². The Morgan fingerprint density at radius 3 is 0.390 bits per heavy atom. The Hall–Kier alpha value is -8.75. The number of nitrogens with zero attached hydrogens (tertiary/aromatic N) is 7. The van der Waals surface area contributed by atoms with Crippen LogP contribution in [-0.2, 0) is 71.9 Å². The zero-order valence-corrected chi connectivity index (χ0v) is 73.8. The second-order valence-corrected chi connectivity index (χ2v) is 30.0. The van der Waals surface area contributed by atoms with E-state index in [9.17, 15) is 71.9 Å². The first kappa shape index (κ1) is 114.